The first-order valence-electron chi connectivity index (χ1n) is 7.64. The summed E-state index contributed by atoms with van der Waals surface area (Å²) in [5.41, 5.74) is 1.77. The first kappa shape index (κ1) is 14.9. The van der Waals surface area contributed by atoms with Gasteiger partial charge in [-0.3, -0.25) is 9.78 Å². The molecule has 0 radical (unpaired) electrons. The Labute approximate surface area is 142 Å². The van der Waals surface area contributed by atoms with E-state index in [1.54, 1.807) is 36.9 Å². The molecule has 4 rings (SSSR count). The Balaban J connectivity index is 1.76. The van der Waals surface area contributed by atoms with Crippen LogP contribution in [0.4, 0.5) is 0 Å². The molecular formula is C18H13N5O2. The van der Waals surface area contributed by atoms with E-state index in [9.17, 15) is 4.79 Å². The quantitative estimate of drug-likeness (QED) is 0.618. The molecule has 0 unspecified atom stereocenters. The van der Waals surface area contributed by atoms with Crippen molar-refractivity contribution in [2.75, 3.05) is 0 Å². The van der Waals surface area contributed by atoms with Crippen molar-refractivity contribution in [3.63, 3.8) is 0 Å². The van der Waals surface area contributed by atoms with Gasteiger partial charge in [0.25, 0.3) is 5.91 Å². The minimum absolute atomic E-state index is 0.231. The highest BCUT2D eigenvalue weighted by atomic mass is 16.5. The monoisotopic (exact) mass is 331 g/mol. The molecule has 0 spiro atoms. The van der Waals surface area contributed by atoms with E-state index in [1.165, 1.54) is 6.26 Å². The molecule has 3 aromatic heterocycles. The van der Waals surface area contributed by atoms with E-state index in [0.717, 1.165) is 10.8 Å². The van der Waals surface area contributed by atoms with Gasteiger partial charge in [-0.2, -0.15) is 0 Å². The first-order chi connectivity index (χ1) is 12.3. The Morgan fingerprint density at radius 2 is 1.96 bits per heavy atom. The number of fused-ring (bicyclic) bond motifs is 1. The van der Waals surface area contributed by atoms with Crippen LogP contribution >= 0.6 is 0 Å². The van der Waals surface area contributed by atoms with Gasteiger partial charge in [0.1, 0.15) is 17.8 Å². The first-order valence-corrected chi connectivity index (χ1v) is 7.64. The van der Waals surface area contributed by atoms with Crippen LogP contribution in [0, 0.1) is 0 Å². The van der Waals surface area contributed by atoms with E-state index < -0.39 is 0 Å². The van der Waals surface area contributed by atoms with Crippen LogP contribution < -0.4 is 5.32 Å². The number of aromatic nitrogens is 4. The van der Waals surface area contributed by atoms with Crippen LogP contribution in [0.1, 0.15) is 16.2 Å². The average molecular weight is 331 g/mol. The lowest BCUT2D eigenvalue weighted by Gasteiger charge is -2.11. The van der Waals surface area contributed by atoms with Gasteiger partial charge in [-0.25, -0.2) is 9.97 Å². The van der Waals surface area contributed by atoms with Gasteiger partial charge < -0.3 is 9.84 Å². The van der Waals surface area contributed by atoms with Crippen LogP contribution in [0.25, 0.3) is 22.0 Å². The van der Waals surface area contributed by atoms with Crippen LogP contribution in [-0.4, -0.2) is 26.0 Å². The largest absolute Gasteiger partial charge is 0.364 e. The van der Waals surface area contributed by atoms with Crippen LogP contribution in [0.5, 0.6) is 0 Å². The van der Waals surface area contributed by atoms with Crippen molar-refractivity contribution in [1.82, 2.24) is 25.4 Å². The molecule has 1 aromatic carbocycles. The Morgan fingerprint density at radius 3 is 2.76 bits per heavy atom. The minimum Gasteiger partial charge on any atom is -0.364 e. The lowest BCUT2D eigenvalue weighted by molar-refractivity contribution is 0.0952. The number of carbonyl (C=O) groups is 1. The number of hydrogen-bond acceptors (Lipinski definition) is 6. The molecule has 7 heteroatoms. The molecule has 0 fully saturated rings. The van der Waals surface area contributed by atoms with Gasteiger partial charge in [-0.1, -0.05) is 17.3 Å². The van der Waals surface area contributed by atoms with E-state index >= 15 is 0 Å². The van der Waals surface area contributed by atoms with Gasteiger partial charge >= 0.3 is 0 Å². The summed E-state index contributed by atoms with van der Waals surface area (Å²) < 4.78 is 4.93. The smallest absolute Gasteiger partial charge is 0.253 e. The Bertz CT molecular complexity index is 1020. The molecule has 0 bridgehead atoms. The third-order valence-corrected chi connectivity index (χ3v) is 3.79. The maximum Gasteiger partial charge on any atom is 0.253 e. The molecule has 0 atom stereocenters. The van der Waals surface area contributed by atoms with E-state index in [2.05, 4.69) is 25.4 Å². The Morgan fingerprint density at radius 1 is 1.08 bits per heavy atom. The SMILES string of the molecule is O=C(NCc1ncccn1)c1c(-c2ccon2)ccc2ccncc12. The summed E-state index contributed by atoms with van der Waals surface area (Å²) in [5.74, 6) is 0.293. The van der Waals surface area contributed by atoms with Gasteiger partial charge in [0.05, 0.1) is 12.1 Å². The second-order valence-electron chi connectivity index (χ2n) is 5.32. The third kappa shape index (κ3) is 2.94. The average Bonchev–Trinajstić information content (AvgIpc) is 3.20. The summed E-state index contributed by atoms with van der Waals surface area (Å²) in [6.45, 7) is 0.231. The normalized spacial score (nSPS) is 10.7. The molecule has 0 saturated heterocycles. The molecule has 7 nitrogen and oxygen atoms in total. The fourth-order valence-electron chi connectivity index (χ4n) is 2.64. The van der Waals surface area contributed by atoms with Crippen molar-refractivity contribution >= 4 is 16.7 Å². The maximum atomic E-state index is 12.9. The molecule has 0 aliphatic heterocycles. The second kappa shape index (κ2) is 6.48. The molecule has 3 heterocycles. The molecule has 0 saturated carbocycles. The molecule has 1 amide bonds. The van der Waals surface area contributed by atoms with Crippen molar-refractivity contribution in [3.05, 3.63) is 72.8 Å². The van der Waals surface area contributed by atoms with Crippen molar-refractivity contribution in [2.24, 2.45) is 0 Å². The van der Waals surface area contributed by atoms with Gasteiger partial charge in [0, 0.05) is 41.8 Å². The Kier molecular flexibility index (Phi) is 3.88. The summed E-state index contributed by atoms with van der Waals surface area (Å²) in [6, 6.07) is 9.09. The fraction of sp³-hybridized carbons (Fsp3) is 0.0556. The zero-order valence-corrected chi connectivity index (χ0v) is 13.1. The number of nitrogens with zero attached hydrogens (tertiary/aromatic N) is 4. The summed E-state index contributed by atoms with van der Waals surface area (Å²) in [7, 11) is 0. The number of nitrogens with one attached hydrogen (secondary N) is 1. The van der Waals surface area contributed by atoms with E-state index in [4.69, 9.17) is 4.52 Å². The molecule has 25 heavy (non-hydrogen) atoms. The lowest BCUT2D eigenvalue weighted by atomic mass is 9.97. The predicted octanol–water partition coefficient (Wildman–Crippen LogP) is 2.61. The van der Waals surface area contributed by atoms with Crippen molar-refractivity contribution in [3.8, 4) is 11.3 Å². The molecular weight excluding hydrogens is 318 g/mol. The minimum atomic E-state index is -0.246. The topological polar surface area (TPSA) is 93.8 Å². The molecule has 4 aromatic rings. The fourth-order valence-corrected chi connectivity index (χ4v) is 2.64. The zero-order chi connectivity index (χ0) is 17.1. The number of rotatable bonds is 4. The summed E-state index contributed by atoms with van der Waals surface area (Å²) in [5, 5.41) is 8.48. The van der Waals surface area contributed by atoms with E-state index in [0.29, 0.717) is 22.6 Å². The van der Waals surface area contributed by atoms with Gasteiger partial charge in [-0.15, -0.1) is 0 Å². The second-order valence-corrected chi connectivity index (χ2v) is 5.32. The molecule has 122 valence electrons. The standard InChI is InChI=1S/C18H13N5O2/c24-18(22-11-16-20-6-1-7-21-16)17-13(15-5-9-25-23-15)3-2-12-4-8-19-10-14(12)17/h1-10H,11H2,(H,22,24). The molecule has 0 aliphatic carbocycles. The highest BCUT2D eigenvalue weighted by molar-refractivity contribution is 6.11. The summed E-state index contributed by atoms with van der Waals surface area (Å²) >= 11 is 0. The number of amides is 1. The van der Waals surface area contributed by atoms with Crippen molar-refractivity contribution < 1.29 is 9.32 Å². The van der Waals surface area contributed by atoms with E-state index in [-0.39, 0.29) is 12.5 Å². The molecule has 0 aliphatic rings. The third-order valence-electron chi connectivity index (χ3n) is 3.79. The highest BCUT2D eigenvalue weighted by Crippen LogP contribution is 2.29. The van der Waals surface area contributed by atoms with Crippen LogP contribution in [-0.2, 0) is 6.54 Å². The van der Waals surface area contributed by atoms with Crippen LogP contribution in [0.3, 0.4) is 0 Å². The number of hydrogen-bond donors (Lipinski definition) is 1. The lowest BCUT2D eigenvalue weighted by Crippen LogP contribution is -2.24. The number of pyridine rings is 1. The zero-order valence-electron chi connectivity index (χ0n) is 13.1. The van der Waals surface area contributed by atoms with Crippen LogP contribution in [0.15, 0.2) is 65.9 Å². The highest BCUT2D eigenvalue weighted by Gasteiger charge is 2.18. The Hall–Kier alpha value is -3.61. The maximum absolute atomic E-state index is 12.9. The van der Waals surface area contributed by atoms with Crippen LogP contribution in [0.2, 0.25) is 0 Å². The number of benzene rings is 1. The summed E-state index contributed by atoms with van der Waals surface area (Å²) in [6.07, 6.45) is 8.11. The van der Waals surface area contributed by atoms with Gasteiger partial charge in [0.2, 0.25) is 0 Å². The molecule has 1 N–H and O–H groups in total. The predicted molar refractivity (Wildman–Crippen MR) is 90.4 cm³/mol. The van der Waals surface area contributed by atoms with Gasteiger partial charge in [0.15, 0.2) is 0 Å². The van der Waals surface area contributed by atoms with E-state index in [1.807, 2.05) is 18.2 Å². The van der Waals surface area contributed by atoms with Gasteiger partial charge in [-0.05, 0) is 17.5 Å². The van der Waals surface area contributed by atoms with Crippen molar-refractivity contribution in [1.29, 1.82) is 0 Å². The number of carbonyl (C=O) groups excluding carboxylic acids is 1. The van der Waals surface area contributed by atoms with Crippen molar-refractivity contribution in [2.45, 2.75) is 6.54 Å². The summed E-state index contributed by atoms with van der Waals surface area (Å²) in [4.78, 5) is 25.3.